The van der Waals surface area contributed by atoms with Crippen LogP contribution in [0.15, 0.2) is 66.0 Å². The number of thiophene rings is 1. The molecule has 0 radical (unpaired) electrons. The molecule has 6 rings (SSSR count). The Kier molecular flexibility index (Phi) is 8.47. The number of ether oxygens (including phenoxy) is 1. The van der Waals surface area contributed by atoms with Gasteiger partial charge in [-0.1, -0.05) is 29.8 Å². The molecule has 0 N–H and O–H groups in total. The Balaban J connectivity index is 1.50. The molecule has 2 aliphatic heterocycles. The zero-order valence-electron chi connectivity index (χ0n) is 23.7. The fourth-order valence-electron chi connectivity index (χ4n) is 5.41. The van der Waals surface area contributed by atoms with E-state index in [1.165, 1.54) is 18.7 Å². The number of thioether (sulfide) groups is 1. The number of aromatic nitrogens is 2. The summed E-state index contributed by atoms with van der Waals surface area (Å²) in [5, 5.41) is 7.57. The van der Waals surface area contributed by atoms with Crippen molar-refractivity contribution in [1.82, 2.24) is 19.6 Å². The minimum Gasteiger partial charge on any atom is -0.497 e. The first-order valence-electron chi connectivity index (χ1n) is 13.9. The van der Waals surface area contributed by atoms with E-state index in [1.807, 2.05) is 60.0 Å². The van der Waals surface area contributed by atoms with E-state index in [-0.39, 0.29) is 35.3 Å². The minimum atomic E-state index is -0.184. The van der Waals surface area contributed by atoms with Crippen LogP contribution in [0.3, 0.4) is 0 Å². The van der Waals surface area contributed by atoms with Crippen LogP contribution in [0.1, 0.15) is 22.6 Å². The smallest absolute Gasteiger partial charge is 0.242 e. The number of hydrogen-bond donors (Lipinski definition) is 0. The third-order valence-corrected chi connectivity index (χ3v) is 10.3. The number of methoxy groups -OCH3 is 1. The van der Waals surface area contributed by atoms with Gasteiger partial charge in [-0.05, 0) is 47.8 Å². The summed E-state index contributed by atoms with van der Waals surface area (Å²) in [5.74, 6) is 1.12. The third kappa shape index (κ3) is 5.89. The molecule has 4 heterocycles. The van der Waals surface area contributed by atoms with Crippen molar-refractivity contribution in [1.29, 1.82) is 0 Å². The maximum atomic E-state index is 13.9. The Labute approximate surface area is 263 Å². The highest BCUT2D eigenvalue weighted by Gasteiger charge is 2.39. The molecule has 222 valence electrons. The van der Waals surface area contributed by atoms with Crippen LogP contribution < -0.4 is 9.64 Å². The van der Waals surface area contributed by atoms with Crippen LogP contribution in [0, 0.1) is 0 Å². The summed E-state index contributed by atoms with van der Waals surface area (Å²) in [4.78, 5) is 45.6. The summed E-state index contributed by atoms with van der Waals surface area (Å²) < 4.78 is 7.15. The minimum absolute atomic E-state index is 0.00537. The molecule has 1 saturated heterocycles. The summed E-state index contributed by atoms with van der Waals surface area (Å²) in [6, 6.07) is 19.1. The van der Waals surface area contributed by atoms with Crippen LogP contribution in [0.25, 0.3) is 16.9 Å². The maximum Gasteiger partial charge on any atom is 0.242 e. The molecule has 2 aromatic heterocycles. The lowest BCUT2D eigenvalue weighted by atomic mass is 10.0. The molecule has 4 aromatic rings. The number of piperazine rings is 1. The topological polar surface area (TPSA) is 88.0 Å². The van der Waals surface area contributed by atoms with Crippen LogP contribution in [-0.2, 0) is 14.4 Å². The van der Waals surface area contributed by atoms with Gasteiger partial charge >= 0.3 is 0 Å². The lowest BCUT2D eigenvalue weighted by Gasteiger charge is -2.35. The molecule has 0 spiro atoms. The summed E-state index contributed by atoms with van der Waals surface area (Å²) in [7, 11) is 1.61. The van der Waals surface area contributed by atoms with E-state index < -0.39 is 0 Å². The van der Waals surface area contributed by atoms with Crippen molar-refractivity contribution in [2.24, 2.45) is 0 Å². The Morgan fingerprint density at radius 3 is 2.33 bits per heavy atom. The number of carbonyl (C=O) groups excluding carboxylic acids is 3. The number of amides is 3. The Morgan fingerprint density at radius 2 is 1.70 bits per heavy atom. The first kappa shape index (κ1) is 29.3. The molecule has 0 aliphatic carbocycles. The standard InChI is InChI=1S/C31H30ClN5O4S2/c1-20(38)34-13-15-35(16-14-34)26(39)18-36-27(40)19-43-30(25-4-3-17-42-25)28-29(21-5-7-22(32)8-6-21)33-37(31(28)36)23-9-11-24(41-2)12-10-23/h3-12,17,30H,13-16,18-19H2,1-2H3. The van der Waals surface area contributed by atoms with Gasteiger partial charge in [-0.15, -0.1) is 23.1 Å². The molecule has 1 fully saturated rings. The summed E-state index contributed by atoms with van der Waals surface area (Å²) in [6.07, 6.45) is 0. The Hall–Kier alpha value is -3.80. The maximum absolute atomic E-state index is 13.9. The highest BCUT2D eigenvalue weighted by molar-refractivity contribution is 8.00. The van der Waals surface area contributed by atoms with Crippen LogP contribution in [0.4, 0.5) is 5.82 Å². The van der Waals surface area contributed by atoms with E-state index >= 15 is 0 Å². The SMILES string of the molecule is COc1ccc(-n2nc(-c3ccc(Cl)cc3)c3c2N(CC(=O)N2CCN(C(C)=O)CC2)C(=O)CSC3c2cccs2)cc1. The van der Waals surface area contributed by atoms with Gasteiger partial charge in [-0.3, -0.25) is 19.3 Å². The molecular weight excluding hydrogens is 606 g/mol. The quantitative estimate of drug-likeness (QED) is 0.292. The van der Waals surface area contributed by atoms with Gasteiger partial charge in [0, 0.05) is 54.1 Å². The number of rotatable bonds is 6. The van der Waals surface area contributed by atoms with Gasteiger partial charge in [0.2, 0.25) is 17.7 Å². The summed E-state index contributed by atoms with van der Waals surface area (Å²) in [5.41, 5.74) is 3.17. The van der Waals surface area contributed by atoms with E-state index in [1.54, 1.807) is 37.8 Å². The van der Waals surface area contributed by atoms with Crippen molar-refractivity contribution in [3.8, 4) is 22.7 Å². The van der Waals surface area contributed by atoms with Gasteiger partial charge in [0.1, 0.15) is 18.1 Å². The second-order valence-electron chi connectivity index (χ2n) is 10.3. The molecule has 3 amide bonds. The number of halogens is 1. The monoisotopic (exact) mass is 635 g/mol. The van der Waals surface area contributed by atoms with E-state index in [0.29, 0.717) is 42.8 Å². The van der Waals surface area contributed by atoms with E-state index in [9.17, 15) is 14.4 Å². The molecule has 9 nitrogen and oxygen atoms in total. The molecule has 1 atom stereocenters. The van der Waals surface area contributed by atoms with Gasteiger partial charge < -0.3 is 14.5 Å². The molecule has 1 unspecified atom stereocenters. The van der Waals surface area contributed by atoms with Gasteiger partial charge in [-0.25, -0.2) is 4.68 Å². The average molecular weight is 636 g/mol. The molecule has 0 bridgehead atoms. The fraction of sp³-hybridized carbons (Fsp3) is 0.290. The van der Waals surface area contributed by atoms with Gasteiger partial charge in [0.15, 0.2) is 0 Å². The van der Waals surface area contributed by atoms with Gasteiger partial charge in [-0.2, -0.15) is 5.10 Å². The first-order chi connectivity index (χ1) is 20.8. The van der Waals surface area contributed by atoms with Crippen LogP contribution in [-0.4, -0.2) is 82.9 Å². The largest absolute Gasteiger partial charge is 0.497 e. The van der Waals surface area contributed by atoms with Gasteiger partial charge in [0.25, 0.3) is 0 Å². The van der Waals surface area contributed by atoms with Crippen molar-refractivity contribution in [3.05, 3.63) is 81.5 Å². The normalized spacial score (nSPS) is 17.0. The zero-order valence-corrected chi connectivity index (χ0v) is 26.1. The highest BCUT2D eigenvalue weighted by atomic mass is 35.5. The molecule has 2 aliphatic rings. The highest BCUT2D eigenvalue weighted by Crippen LogP contribution is 2.49. The predicted molar refractivity (Wildman–Crippen MR) is 170 cm³/mol. The molecule has 0 saturated carbocycles. The second-order valence-corrected chi connectivity index (χ2v) is 12.8. The molecule has 12 heteroatoms. The number of carbonyl (C=O) groups is 3. The first-order valence-corrected chi connectivity index (χ1v) is 16.2. The number of fused-ring (bicyclic) bond motifs is 1. The fourth-order valence-corrected chi connectivity index (χ4v) is 7.72. The molecule has 43 heavy (non-hydrogen) atoms. The van der Waals surface area contributed by atoms with E-state index in [2.05, 4.69) is 6.07 Å². The number of hydrogen-bond acceptors (Lipinski definition) is 7. The summed E-state index contributed by atoms with van der Waals surface area (Å²) in [6.45, 7) is 3.20. The summed E-state index contributed by atoms with van der Waals surface area (Å²) >= 11 is 9.42. The number of benzene rings is 2. The van der Waals surface area contributed by atoms with Crippen LogP contribution in [0.2, 0.25) is 5.02 Å². The predicted octanol–water partition coefficient (Wildman–Crippen LogP) is 5.12. The molecule has 2 aromatic carbocycles. The number of anilines is 1. The van der Waals surface area contributed by atoms with Gasteiger partial charge in [0.05, 0.1) is 29.5 Å². The van der Waals surface area contributed by atoms with Crippen LogP contribution >= 0.6 is 34.7 Å². The number of nitrogens with zero attached hydrogens (tertiary/aromatic N) is 5. The Morgan fingerprint density at radius 1 is 1.00 bits per heavy atom. The second kappa shape index (κ2) is 12.4. The Bertz CT molecular complexity index is 1630. The average Bonchev–Trinajstić information content (AvgIpc) is 3.67. The zero-order chi connectivity index (χ0) is 30.1. The van der Waals surface area contributed by atoms with Crippen molar-refractivity contribution in [2.75, 3.05) is 50.5 Å². The van der Waals surface area contributed by atoms with Crippen molar-refractivity contribution >= 4 is 58.2 Å². The lowest BCUT2D eigenvalue weighted by molar-refractivity contribution is -0.137. The van der Waals surface area contributed by atoms with E-state index in [0.717, 1.165) is 27.4 Å². The lowest BCUT2D eigenvalue weighted by Crippen LogP contribution is -2.53. The van der Waals surface area contributed by atoms with E-state index in [4.69, 9.17) is 21.4 Å². The van der Waals surface area contributed by atoms with Crippen molar-refractivity contribution < 1.29 is 19.1 Å². The van der Waals surface area contributed by atoms with Crippen molar-refractivity contribution in [2.45, 2.75) is 12.2 Å². The third-order valence-electron chi connectivity index (χ3n) is 7.70. The van der Waals surface area contributed by atoms with Crippen LogP contribution in [0.5, 0.6) is 5.75 Å². The van der Waals surface area contributed by atoms with Crippen molar-refractivity contribution in [3.63, 3.8) is 0 Å². The molecular formula is C31H30ClN5O4S2.